The van der Waals surface area contributed by atoms with Gasteiger partial charge < -0.3 is 15.1 Å². The number of carbonyl (C=O) groups is 2. The van der Waals surface area contributed by atoms with Crippen LogP contribution >= 0.6 is 11.3 Å². The molecule has 2 aromatic heterocycles. The molecule has 0 bridgehead atoms. The van der Waals surface area contributed by atoms with Crippen molar-refractivity contribution in [1.29, 1.82) is 0 Å². The number of hydrogen-bond donors (Lipinski definition) is 2. The summed E-state index contributed by atoms with van der Waals surface area (Å²) >= 11 is 1.31. The SMILES string of the molecule is C[C@@H](O)[C@H]1C(=O)N2C(C(=O)O)=C(c3cn4cnc(S(C)=O)c4s3)C[C@H]12. The summed E-state index contributed by atoms with van der Waals surface area (Å²) in [6.07, 6.45) is 4.39. The first-order valence-corrected chi connectivity index (χ1v) is 9.96. The van der Waals surface area contributed by atoms with Gasteiger partial charge in [0, 0.05) is 18.0 Å². The van der Waals surface area contributed by atoms with Crippen LogP contribution in [0.5, 0.6) is 0 Å². The number of carbonyl (C=O) groups excluding carboxylic acids is 1. The van der Waals surface area contributed by atoms with E-state index in [1.165, 1.54) is 22.5 Å². The van der Waals surface area contributed by atoms with Crippen LogP contribution in [0.1, 0.15) is 18.2 Å². The van der Waals surface area contributed by atoms with Crippen molar-refractivity contribution in [3.63, 3.8) is 0 Å². The Kier molecular flexibility index (Phi) is 3.60. The molecule has 4 rings (SSSR count). The van der Waals surface area contributed by atoms with Crippen LogP contribution in [0, 0.1) is 5.92 Å². The third kappa shape index (κ3) is 2.21. The van der Waals surface area contributed by atoms with Gasteiger partial charge in [0.25, 0.3) is 0 Å². The number of nitrogens with zero attached hydrogens (tertiary/aromatic N) is 3. The number of rotatable bonds is 4. The second-order valence-electron chi connectivity index (χ2n) is 6.19. The first-order chi connectivity index (χ1) is 11.8. The van der Waals surface area contributed by atoms with Crippen molar-refractivity contribution in [3.8, 4) is 0 Å². The van der Waals surface area contributed by atoms with Gasteiger partial charge in [-0.15, -0.1) is 11.3 Å². The molecular weight excluding hydrogens is 366 g/mol. The van der Waals surface area contributed by atoms with Crippen LogP contribution in [0.3, 0.4) is 0 Å². The van der Waals surface area contributed by atoms with Crippen molar-refractivity contribution < 1.29 is 24.0 Å². The number of thiazole rings is 1. The number of carboxylic acid groups (broad SMARTS) is 1. The standard InChI is InChI=1S/C15H15N3O5S2/c1-6(19)10-8-3-7(11(15(21)22)18(8)13(10)20)9-4-17-5-16-12(25(2)23)14(17)24-9/h4-6,8,10,19H,3H2,1-2H3,(H,21,22)/t6-,8-,10-,25?/m1/s1. The zero-order valence-electron chi connectivity index (χ0n) is 13.4. The zero-order valence-corrected chi connectivity index (χ0v) is 15.0. The van der Waals surface area contributed by atoms with Crippen molar-refractivity contribution in [2.24, 2.45) is 5.92 Å². The van der Waals surface area contributed by atoms with Crippen LogP contribution < -0.4 is 0 Å². The van der Waals surface area contributed by atoms with Crippen LogP contribution in [0.25, 0.3) is 10.4 Å². The average Bonchev–Trinajstić information content (AvgIpc) is 3.15. The number of β-lactam (4-membered cyclic amide) rings is 1. The Hall–Kier alpha value is -2.04. The van der Waals surface area contributed by atoms with Crippen LogP contribution in [0.15, 0.2) is 23.2 Å². The van der Waals surface area contributed by atoms with Gasteiger partial charge in [0.15, 0.2) is 5.03 Å². The van der Waals surface area contributed by atoms with E-state index in [4.69, 9.17) is 0 Å². The Morgan fingerprint density at radius 1 is 1.52 bits per heavy atom. The number of aromatic nitrogens is 2. The maximum Gasteiger partial charge on any atom is 0.352 e. The van der Waals surface area contributed by atoms with Crippen molar-refractivity contribution in [2.45, 2.75) is 30.5 Å². The van der Waals surface area contributed by atoms with E-state index in [-0.39, 0.29) is 17.6 Å². The smallest absolute Gasteiger partial charge is 0.352 e. The molecule has 2 aliphatic rings. The molecule has 1 saturated heterocycles. The summed E-state index contributed by atoms with van der Waals surface area (Å²) in [6.45, 7) is 1.54. The first-order valence-electron chi connectivity index (χ1n) is 7.59. The first kappa shape index (κ1) is 16.4. The quantitative estimate of drug-likeness (QED) is 0.748. The van der Waals surface area contributed by atoms with Gasteiger partial charge in [-0.3, -0.25) is 13.4 Å². The maximum atomic E-state index is 12.3. The number of amides is 1. The van der Waals surface area contributed by atoms with E-state index in [1.54, 1.807) is 23.8 Å². The largest absolute Gasteiger partial charge is 0.477 e. The molecule has 0 radical (unpaired) electrons. The third-order valence-corrected chi connectivity index (χ3v) is 6.82. The lowest BCUT2D eigenvalue weighted by molar-refractivity contribution is -0.161. The Bertz CT molecular complexity index is 973. The molecule has 25 heavy (non-hydrogen) atoms. The van der Waals surface area contributed by atoms with E-state index < -0.39 is 28.8 Å². The predicted molar refractivity (Wildman–Crippen MR) is 90.4 cm³/mol. The Labute approximate surface area is 148 Å². The predicted octanol–water partition coefficient (Wildman–Crippen LogP) is 0.540. The maximum absolute atomic E-state index is 12.3. The topological polar surface area (TPSA) is 112 Å². The number of aliphatic hydroxyl groups excluding tert-OH is 1. The van der Waals surface area contributed by atoms with Crippen LogP contribution in [0.2, 0.25) is 0 Å². The van der Waals surface area contributed by atoms with Crippen molar-refractivity contribution in [3.05, 3.63) is 23.1 Å². The third-order valence-electron chi connectivity index (χ3n) is 4.68. The molecule has 1 fully saturated rings. The normalized spacial score (nSPS) is 25.2. The average molecular weight is 381 g/mol. The fourth-order valence-corrected chi connectivity index (χ4v) is 5.65. The van der Waals surface area contributed by atoms with E-state index in [1.807, 2.05) is 0 Å². The fourth-order valence-electron chi connectivity index (χ4n) is 3.60. The Balaban J connectivity index is 1.81. The van der Waals surface area contributed by atoms with E-state index in [2.05, 4.69) is 4.98 Å². The Morgan fingerprint density at radius 2 is 2.24 bits per heavy atom. The highest BCUT2D eigenvalue weighted by Gasteiger charge is 2.56. The van der Waals surface area contributed by atoms with Gasteiger partial charge in [0.1, 0.15) is 16.9 Å². The van der Waals surface area contributed by atoms with Crippen LogP contribution in [-0.4, -0.2) is 59.0 Å². The number of hydrogen-bond acceptors (Lipinski definition) is 6. The van der Waals surface area contributed by atoms with Crippen molar-refractivity contribution in [1.82, 2.24) is 14.3 Å². The van der Waals surface area contributed by atoms with Gasteiger partial charge >= 0.3 is 5.97 Å². The molecule has 0 aliphatic carbocycles. The molecule has 2 aliphatic heterocycles. The summed E-state index contributed by atoms with van der Waals surface area (Å²) < 4.78 is 13.5. The molecule has 4 atom stereocenters. The summed E-state index contributed by atoms with van der Waals surface area (Å²) in [5, 5.41) is 19.8. The summed E-state index contributed by atoms with van der Waals surface area (Å²) in [5.41, 5.74) is 0.541. The van der Waals surface area contributed by atoms with Gasteiger partial charge in [-0.25, -0.2) is 9.78 Å². The van der Waals surface area contributed by atoms with Gasteiger partial charge in [-0.2, -0.15) is 0 Å². The van der Waals surface area contributed by atoms with Crippen molar-refractivity contribution in [2.75, 3.05) is 6.26 Å². The molecule has 0 spiro atoms. The second-order valence-corrected chi connectivity index (χ2v) is 8.52. The monoisotopic (exact) mass is 381 g/mol. The molecule has 2 N–H and O–H groups in total. The molecule has 4 heterocycles. The lowest BCUT2D eigenvalue weighted by Gasteiger charge is -2.44. The molecule has 10 heteroatoms. The van der Waals surface area contributed by atoms with Gasteiger partial charge in [0.05, 0.1) is 33.7 Å². The molecule has 1 unspecified atom stereocenters. The van der Waals surface area contributed by atoms with Gasteiger partial charge in [-0.1, -0.05) is 0 Å². The molecule has 2 aromatic rings. The highest BCUT2D eigenvalue weighted by Crippen LogP contribution is 2.48. The van der Waals surface area contributed by atoms with E-state index in [0.717, 1.165) is 0 Å². The lowest BCUT2D eigenvalue weighted by Crippen LogP contribution is -2.61. The number of aliphatic hydroxyl groups is 1. The Morgan fingerprint density at radius 3 is 2.84 bits per heavy atom. The summed E-state index contributed by atoms with van der Waals surface area (Å²) in [6, 6.07) is -0.326. The molecule has 0 saturated carbocycles. The summed E-state index contributed by atoms with van der Waals surface area (Å²) in [4.78, 5) is 30.8. The van der Waals surface area contributed by atoms with E-state index >= 15 is 0 Å². The highest BCUT2D eigenvalue weighted by molar-refractivity contribution is 7.84. The number of fused-ring (bicyclic) bond motifs is 2. The van der Waals surface area contributed by atoms with E-state index in [9.17, 15) is 24.0 Å². The zero-order chi connectivity index (χ0) is 18.0. The van der Waals surface area contributed by atoms with Crippen LogP contribution in [-0.2, 0) is 20.4 Å². The van der Waals surface area contributed by atoms with Crippen LogP contribution in [0.4, 0.5) is 0 Å². The molecule has 8 nitrogen and oxygen atoms in total. The number of aliphatic carboxylic acids is 1. The summed E-state index contributed by atoms with van der Waals surface area (Å²) in [7, 11) is -1.25. The second kappa shape index (κ2) is 5.48. The minimum atomic E-state index is -1.25. The van der Waals surface area contributed by atoms with Crippen molar-refractivity contribution >= 4 is 44.4 Å². The lowest BCUT2D eigenvalue weighted by atomic mass is 9.83. The molecule has 0 aromatic carbocycles. The molecule has 132 valence electrons. The van der Waals surface area contributed by atoms with Gasteiger partial charge in [-0.05, 0) is 13.3 Å². The number of carboxylic acids is 1. The number of imidazole rings is 1. The summed E-state index contributed by atoms with van der Waals surface area (Å²) in [5.74, 6) is -2.09. The highest BCUT2D eigenvalue weighted by atomic mass is 32.2. The van der Waals surface area contributed by atoms with Gasteiger partial charge in [0.2, 0.25) is 5.91 Å². The minimum absolute atomic E-state index is 0.0245. The van der Waals surface area contributed by atoms with E-state index in [0.29, 0.717) is 26.7 Å². The molecule has 1 amide bonds. The minimum Gasteiger partial charge on any atom is -0.477 e. The fraction of sp³-hybridized carbons (Fsp3) is 0.400. The molecular formula is C15H15N3O5S2.